The highest BCUT2D eigenvalue weighted by Gasteiger charge is 2.38. The van der Waals surface area contributed by atoms with Gasteiger partial charge in [0.15, 0.2) is 8.32 Å². The quantitative estimate of drug-likeness (QED) is 0.220. The monoisotopic (exact) mass is 517 g/mol. The number of halogens is 1. The van der Waals surface area contributed by atoms with Crippen molar-refractivity contribution in [2.45, 2.75) is 90.8 Å². The highest BCUT2D eigenvalue weighted by Crippen LogP contribution is 2.38. The van der Waals surface area contributed by atoms with Gasteiger partial charge >= 0.3 is 0 Å². The molecule has 1 aromatic carbocycles. The summed E-state index contributed by atoms with van der Waals surface area (Å²) < 4.78 is 7.46. The van der Waals surface area contributed by atoms with E-state index in [1.54, 1.807) is 6.92 Å². The Morgan fingerprint density at radius 1 is 1.07 bits per heavy atom. The van der Waals surface area contributed by atoms with Crippen LogP contribution >= 0.6 is 22.6 Å². The molecular formula is C23H38IO3Si-. The predicted molar refractivity (Wildman–Crippen MR) is 127 cm³/mol. The van der Waals surface area contributed by atoms with Crippen molar-refractivity contribution in [2.24, 2.45) is 5.41 Å². The average Bonchev–Trinajstić information content (AvgIpc) is 2.56. The van der Waals surface area contributed by atoms with Crippen LogP contribution in [0.3, 0.4) is 0 Å². The first-order valence-electron chi connectivity index (χ1n) is 10.2. The second kappa shape index (κ2) is 9.60. The minimum atomic E-state index is -1.74. The van der Waals surface area contributed by atoms with Crippen LogP contribution in [0.2, 0.25) is 18.1 Å². The number of carboxylic acid groups (broad SMARTS) is 1. The molecule has 0 N–H and O–H groups in total. The van der Waals surface area contributed by atoms with Gasteiger partial charge in [-0.3, -0.25) is 0 Å². The van der Waals surface area contributed by atoms with Gasteiger partial charge in [-0.15, -0.1) is 0 Å². The molecule has 28 heavy (non-hydrogen) atoms. The molecule has 1 atom stereocenters. The van der Waals surface area contributed by atoms with E-state index in [0.29, 0.717) is 6.42 Å². The van der Waals surface area contributed by atoms with E-state index in [2.05, 4.69) is 70.3 Å². The third-order valence-electron chi connectivity index (χ3n) is 6.32. The van der Waals surface area contributed by atoms with E-state index >= 15 is 0 Å². The highest BCUT2D eigenvalue weighted by atomic mass is 127. The Morgan fingerprint density at radius 3 is 2.14 bits per heavy atom. The van der Waals surface area contributed by atoms with Gasteiger partial charge in [-0.1, -0.05) is 66.5 Å². The Hall–Kier alpha value is -0.403. The summed E-state index contributed by atoms with van der Waals surface area (Å²) >= 11 is 2.22. The molecule has 5 heteroatoms. The van der Waals surface area contributed by atoms with Gasteiger partial charge in [0.2, 0.25) is 0 Å². The number of hydrogen-bond donors (Lipinski definition) is 0. The first-order valence-corrected chi connectivity index (χ1v) is 14.2. The standard InChI is InChI=1S/C23H39IO3Si/c1-21(2,3)28(7,8)27-17-22(4,5)14-9-10-15-23(6,20(25)26)18-12-11-13-19(24)16-18/h11-13,16H,9-10,14-15,17H2,1-8H3,(H,25,26)/p-1/t23-/m1/s1. The molecule has 0 spiro atoms. The lowest BCUT2D eigenvalue weighted by Gasteiger charge is -2.39. The second-order valence-corrected chi connectivity index (χ2v) is 16.6. The van der Waals surface area contributed by atoms with Crippen molar-refractivity contribution in [3.05, 3.63) is 33.4 Å². The largest absolute Gasteiger partial charge is 0.549 e. The lowest BCUT2D eigenvalue weighted by Crippen LogP contribution is -2.44. The number of carboxylic acids is 1. The molecule has 0 aromatic heterocycles. The third kappa shape index (κ3) is 7.13. The third-order valence-corrected chi connectivity index (χ3v) is 11.5. The molecule has 0 radical (unpaired) electrons. The van der Waals surface area contributed by atoms with Gasteiger partial charge in [0, 0.05) is 15.6 Å². The minimum absolute atomic E-state index is 0.0928. The van der Waals surface area contributed by atoms with Crippen LogP contribution in [0, 0.1) is 8.99 Å². The van der Waals surface area contributed by atoms with Crippen LogP contribution in [0.4, 0.5) is 0 Å². The second-order valence-electron chi connectivity index (χ2n) is 10.6. The molecule has 0 aliphatic carbocycles. The number of hydrogen-bond acceptors (Lipinski definition) is 3. The van der Waals surface area contributed by atoms with Crippen LogP contribution in [-0.2, 0) is 14.6 Å². The molecule has 3 nitrogen and oxygen atoms in total. The summed E-state index contributed by atoms with van der Waals surface area (Å²) in [4.78, 5) is 11.9. The van der Waals surface area contributed by atoms with E-state index in [1.807, 2.05) is 24.3 Å². The SMILES string of the molecule is CC(C)(CCCC[C@@](C)(C(=O)[O-])c1cccc(I)c1)CO[Si](C)(C)C(C)(C)C. The summed E-state index contributed by atoms with van der Waals surface area (Å²) in [5.41, 5.74) is -0.0155. The van der Waals surface area contributed by atoms with Crippen molar-refractivity contribution in [3.8, 4) is 0 Å². The van der Waals surface area contributed by atoms with Gasteiger partial charge in [-0.25, -0.2) is 0 Å². The van der Waals surface area contributed by atoms with Gasteiger partial charge in [0.1, 0.15) is 0 Å². The Labute approximate surface area is 186 Å². The Morgan fingerprint density at radius 2 is 1.64 bits per heavy atom. The molecule has 0 aliphatic heterocycles. The molecule has 0 heterocycles. The number of benzene rings is 1. The molecular weight excluding hydrogens is 479 g/mol. The fourth-order valence-corrected chi connectivity index (χ4v) is 4.67. The predicted octanol–water partition coefficient (Wildman–Crippen LogP) is 5.91. The van der Waals surface area contributed by atoms with Crippen LogP contribution < -0.4 is 5.11 Å². The maximum atomic E-state index is 11.9. The molecule has 1 aromatic rings. The molecule has 0 aliphatic rings. The van der Waals surface area contributed by atoms with Gasteiger partial charge in [0.25, 0.3) is 0 Å². The van der Waals surface area contributed by atoms with Crippen LogP contribution in [0.5, 0.6) is 0 Å². The first-order chi connectivity index (χ1) is 12.6. The molecule has 0 fully saturated rings. The molecule has 0 saturated heterocycles. The number of carbonyl (C=O) groups is 1. The van der Waals surface area contributed by atoms with E-state index in [4.69, 9.17) is 4.43 Å². The lowest BCUT2D eigenvalue weighted by atomic mass is 9.77. The summed E-state index contributed by atoms with van der Waals surface area (Å²) in [5.74, 6) is -0.991. The molecule has 0 saturated carbocycles. The summed E-state index contributed by atoms with van der Waals surface area (Å²) in [5, 5.41) is 12.1. The topological polar surface area (TPSA) is 49.4 Å². The Bertz CT molecular complexity index is 664. The zero-order chi connectivity index (χ0) is 21.8. The molecule has 160 valence electrons. The fraction of sp³-hybridized carbons (Fsp3) is 0.696. The zero-order valence-corrected chi connectivity index (χ0v) is 22.1. The average molecular weight is 518 g/mol. The van der Waals surface area contributed by atoms with Gasteiger partial charge in [-0.2, -0.15) is 0 Å². The number of aliphatic carboxylic acids is 1. The zero-order valence-electron chi connectivity index (χ0n) is 18.9. The minimum Gasteiger partial charge on any atom is -0.549 e. The van der Waals surface area contributed by atoms with E-state index in [-0.39, 0.29) is 10.5 Å². The maximum Gasteiger partial charge on any atom is 0.192 e. The van der Waals surface area contributed by atoms with Crippen molar-refractivity contribution in [1.29, 1.82) is 0 Å². The number of carbonyl (C=O) groups excluding carboxylic acids is 1. The van der Waals surface area contributed by atoms with Crippen molar-refractivity contribution in [1.82, 2.24) is 0 Å². The van der Waals surface area contributed by atoms with Crippen LogP contribution in [0.15, 0.2) is 24.3 Å². The fourth-order valence-electron chi connectivity index (χ4n) is 2.94. The van der Waals surface area contributed by atoms with Crippen LogP contribution in [0.1, 0.15) is 72.8 Å². The van der Waals surface area contributed by atoms with Crippen molar-refractivity contribution in [2.75, 3.05) is 6.61 Å². The summed E-state index contributed by atoms with van der Waals surface area (Å²) in [6, 6.07) is 7.74. The van der Waals surface area contributed by atoms with Crippen LogP contribution in [0.25, 0.3) is 0 Å². The van der Waals surface area contributed by atoms with E-state index in [9.17, 15) is 9.90 Å². The highest BCUT2D eigenvalue weighted by molar-refractivity contribution is 14.1. The molecule has 0 bridgehead atoms. The van der Waals surface area contributed by atoms with Crippen molar-refractivity contribution in [3.63, 3.8) is 0 Å². The van der Waals surface area contributed by atoms with Gasteiger partial charge in [0.05, 0.1) is 5.97 Å². The summed E-state index contributed by atoms with van der Waals surface area (Å²) in [6.07, 6.45) is 3.46. The molecule has 0 unspecified atom stereocenters. The normalized spacial score (nSPS) is 15.3. The molecule has 0 amide bonds. The Kier molecular flexibility index (Phi) is 8.79. The first kappa shape index (κ1) is 25.6. The summed E-state index contributed by atoms with van der Waals surface area (Å²) in [6.45, 7) is 18.4. The number of unbranched alkanes of at least 4 members (excludes halogenated alkanes) is 1. The van der Waals surface area contributed by atoms with Crippen LogP contribution in [-0.4, -0.2) is 20.9 Å². The smallest absolute Gasteiger partial charge is 0.192 e. The van der Waals surface area contributed by atoms with Gasteiger partial charge in [-0.05, 0) is 76.7 Å². The van der Waals surface area contributed by atoms with E-state index in [0.717, 1.165) is 35.0 Å². The van der Waals surface area contributed by atoms with Gasteiger partial charge < -0.3 is 14.3 Å². The maximum absolute atomic E-state index is 11.9. The van der Waals surface area contributed by atoms with E-state index < -0.39 is 19.7 Å². The number of rotatable bonds is 10. The van der Waals surface area contributed by atoms with E-state index in [1.165, 1.54) is 0 Å². The summed E-state index contributed by atoms with van der Waals surface area (Å²) in [7, 11) is -1.74. The lowest BCUT2D eigenvalue weighted by molar-refractivity contribution is -0.313. The van der Waals surface area contributed by atoms with Crippen molar-refractivity contribution < 1.29 is 14.3 Å². The Balaban J connectivity index is 2.62. The molecule has 1 rings (SSSR count). The van der Waals surface area contributed by atoms with Crippen molar-refractivity contribution >= 4 is 36.9 Å².